The highest BCUT2D eigenvalue weighted by Crippen LogP contribution is 2.46. The first kappa shape index (κ1) is 20.5. The number of ketones is 1. The zero-order valence-corrected chi connectivity index (χ0v) is 17.7. The summed E-state index contributed by atoms with van der Waals surface area (Å²) in [5.41, 5.74) is 0.829. The first-order valence-electron chi connectivity index (χ1n) is 10.00. The minimum atomic E-state index is -0.963. The maximum atomic E-state index is 13.3. The van der Waals surface area contributed by atoms with E-state index in [1.54, 1.807) is 42.5 Å². The molecule has 168 valence electrons. The zero-order valence-electron chi connectivity index (χ0n) is 17.7. The molecule has 0 radical (unpaired) electrons. The van der Waals surface area contributed by atoms with Crippen molar-refractivity contribution in [2.45, 2.75) is 6.04 Å². The predicted octanol–water partition coefficient (Wildman–Crippen LogP) is 3.81. The van der Waals surface area contributed by atoms with E-state index < -0.39 is 23.5 Å². The van der Waals surface area contributed by atoms with Gasteiger partial charge >= 0.3 is 0 Å². The molecular formula is C24H19NO8. The lowest BCUT2D eigenvalue weighted by Crippen LogP contribution is -2.31. The molecule has 9 nitrogen and oxygen atoms in total. The van der Waals surface area contributed by atoms with Crippen molar-refractivity contribution in [1.29, 1.82) is 0 Å². The van der Waals surface area contributed by atoms with E-state index >= 15 is 0 Å². The van der Waals surface area contributed by atoms with E-state index in [9.17, 15) is 14.7 Å². The molecule has 1 atom stereocenters. The lowest BCUT2D eigenvalue weighted by atomic mass is 9.94. The van der Waals surface area contributed by atoms with Gasteiger partial charge < -0.3 is 28.5 Å². The van der Waals surface area contributed by atoms with Crippen molar-refractivity contribution in [1.82, 2.24) is 0 Å². The van der Waals surface area contributed by atoms with E-state index in [0.29, 0.717) is 34.2 Å². The molecule has 0 aliphatic carbocycles. The Balaban J connectivity index is 1.67. The molecule has 2 aliphatic rings. The average molecular weight is 449 g/mol. The fourth-order valence-corrected chi connectivity index (χ4v) is 4.02. The number of Topliss-reactive ketones (excluding diaryl/α,β-unsaturated/α-hetero) is 1. The van der Waals surface area contributed by atoms with E-state index in [1.807, 2.05) is 0 Å². The predicted molar refractivity (Wildman–Crippen MR) is 115 cm³/mol. The topological polar surface area (TPSA) is 108 Å². The third-order valence-electron chi connectivity index (χ3n) is 5.56. The van der Waals surface area contributed by atoms with E-state index in [-0.39, 0.29) is 18.1 Å². The molecule has 1 unspecified atom stereocenters. The van der Waals surface area contributed by atoms with Crippen molar-refractivity contribution >= 4 is 17.4 Å². The molecule has 1 aromatic heterocycles. The molecule has 0 spiro atoms. The van der Waals surface area contributed by atoms with Crippen LogP contribution in [0.3, 0.4) is 0 Å². The summed E-state index contributed by atoms with van der Waals surface area (Å²) in [6.07, 6.45) is 1.35. The van der Waals surface area contributed by atoms with Gasteiger partial charge in [0.1, 0.15) is 0 Å². The number of hydrogen-bond acceptors (Lipinski definition) is 8. The van der Waals surface area contributed by atoms with Crippen LogP contribution < -0.4 is 23.8 Å². The van der Waals surface area contributed by atoms with Gasteiger partial charge in [0.25, 0.3) is 5.91 Å². The molecule has 2 aromatic carbocycles. The highest BCUT2D eigenvalue weighted by Gasteiger charge is 2.45. The number of ether oxygens (including phenoxy) is 4. The number of benzene rings is 2. The van der Waals surface area contributed by atoms with Gasteiger partial charge in [0.05, 0.1) is 32.1 Å². The monoisotopic (exact) mass is 449 g/mol. The second-order valence-corrected chi connectivity index (χ2v) is 7.30. The molecule has 3 heterocycles. The Labute approximate surface area is 188 Å². The number of hydrogen-bond donors (Lipinski definition) is 1. The average Bonchev–Trinajstić information content (AvgIpc) is 3.58. The van der Waals surface area contributed by atoms with Crippen LogP contribution in [-0.4, -0.2) is 37.8 Å². The lowest BCUT2D eigenvalue weighted by Gasteiger charge is -2.27. The van der Waals surface area contributed by atoms with Crippen LogP contribution in [0.2, 0.25) is 0 Å². The number of methoxy groups -OCH3 is 2. The van der Waals surface area contributed by atoms with Crippen molar-refractivity contribution in [3.63, 3.8) is 0 Å². The first-order valence-corrected chi connectivity index (χ1v) is 10.00. The summed E-state index contributed by atoms with van der Waals surface area (Å²) in [5, 5.41) is 10.8. The molecule has 0 saturated carbocycles. The van der Waals surface area contributed by atoms with Gasteiger partial charge in [0, 0.05) is 11.8 Å². The number of fused-ring (bicyclic) bond motifs is 1. The molecule has 33 heavy (non-hydrogen) atoms. The minimum Gasteiger partial charge on any atom is -0.503 e. The molecule has 2 aliphatic heterocycles. The summed E-state index contributed by atoms with van der Waals surface area (Å²) in [6.45, 7) is 0.0670. The number of nitrogens with zero attached hydrogens (tertiary/aromatic N) is 1. The van der Waals surface area contributed by atoms with Crippen molar-refractivity contribution in [3.05, 3.63) is 77.5 Å². The van der Waals surface area contributed by atoms with Crippen LogP contribution >= 0.6 is 0 Å². The number of carbonyl (C=O) groups is 2. The van der Waals surface area contributed by atoms with Crippen molar-refractivity contribution < 1.29 is 38.1 Å². The molecule has 0 bridgehead atoms. The maximum absolute atomic E-state index is 13.3. The number of carbonyl (C=O) groups excluding carboxylic acids is 2. The molecule has 1 amide bonds. The third-order valence-corrected chi connectivity index (χ3v) is 5.56. The molecule has 3 aromatic rings. The fourth-order valence-electron chi connectivity index (χ4n) is 4.02. The van der Waals surface area contributed by atoms with Crippen LogP contribution in [0.1, 0.15) is 22.2 Å². The largest absolute Gasteiger partial charge is 0.503 e. The second kappa shape index (κ2) is 7.94. The van der Waals surface area contributed by atoms with Gasteiger partial charge in [-0.05, 0) is 42.0 Å². The van der Waals surface area contributed by atoms with E-state index in [1.165, 1.54) is 31.4 Å². The quantitative estimate of drug-likeness (QED) is 0.566. The molecule has 1 N–H and O–H groups in total. The van der Waals surface area contributed by atoms with E-state index in [2.05, 4.69) is 0 Å². The Morgan fingerprint density at radius 3 is 2.55 bits per heavy atom. The number of aliphatic hydroxyl groups excluding tert-OH is 1. The summed E-state index contributed by atoms with van der Waals surface area (Å²) >= 11 is 0. The van der Waals surface area contributed by atoms with Crippen molar-refractivity contribution in [2.75, 3.05) is 25.9 Å². The van der Waals surface area contributed by atoms with Crippen LogP contribution in [0.4, 0.5) is 5.69 Å². The van der Waals surface area contributed by atoms with Gasteiger partial charge in [0.2, 0.25) is 12.6 Å². The molecule has 5 rings (SSSR count). The summed E-state index contributed by atoms with van der Waals surface area (Å²) in [5.74, 6) is -0.112. The van der Waals surface area contributed by atoms with Gasteiger partial charge in [-0.3, -0.25) is 14.5 Å². The Morgan fingerprint density at radius 2 is 1.82 bits per heavy atom. The molecule has 0 saturated heterocycles. The van der Waals surface area contributed by atoms with E-state index in [4.69, 9.17) is 23.4 Å². The highest BCUT2D eigenvalue weighted by atomic mass is 16.7. The van der Waals surface area contributed by atoms with Crippen molar-refractivity contribution in [3.8, 4) is 23.0 Å². The van der Waals surface area contributed by atoms with Crippen LogP contribution in [-0.2, 0) is 4.79 Å². The van der Waals surface area contributed by atoms with Gasteiger partial charge in [-0.1, -0.05) is 6.07 Å². The maximum Gasteiger partial charge on any atom is 0.294 e. The summed E-state index contributed by atoms with van der Waals surface area (Å²) < 4.78 is 26.8. The standard InChI is InChI=1S/C24H19NO8/c1-29-15-7-5-13(10-18(15)30-2)21-20(22(26)17-4-3-9-31-17)23(27)24(28)25(21)14-6-8-16-19(11-14)33-12-32-16/h3-11,21,27H,12H2,1-2H3. The van der Waals surface area contributed by atoms with Gasteiger partial charge in [0.15, 0.2) is 34.5 Å². The number of rotatable bonds is 6. The zero-order chi connectivity index (χ0) is 23.1. The van der Waals surface area contributed by atoms with Crippen LogP contribution in [0.15, 0.2) is 70.5 Å². The molecule has 0 fully saturated rings. The van der Waals surface area contributed by atoms with E-state index in [0.717, 1.165) is 0 Å². The number of amides is 1. The summed E-state index contributed by atoms with van der Waals surface area (Å²) in [7, 11) is 2.99. The number of furan rings is 1. The van der Waals surface area contributed by atoms with Crippen LogP contribution in [0.5, 0.6) is 23.0 Å². The third kappa shape index (κ3) is 3.25. The Kier molecular flexibility index (Phi) is 4.93. The van der Waals surface area contributed by atoms with Crippen LogP contribution in [0.25, 0.3) is 0 Å². The Morgan fingerprint density at radius 1 is 1.03 bits per heavy atom. The lowest BCUT2D eigenvalue weighted by molar-refractivity contribution is -0.117. The van der Waals surface area contributed by atoms with Crippen LogP contribution in [0, 0.1) is 0 Å². The highest BCUT2D eigenvalue weighted by molar-refractivity contribution is 6.20. The summed E-state index contributed by atoms with van der Waals surface area (Å²) in [4.78, 5) is 27.9. The first-order chi connectivity index (χ1) is 16.0. The number of anilines is 1. The molecular weight excluding hydrogens is 430 g/mol. The Hall–Kier alpha value is -4.40. The minimum absolute atomic E-state index is 0.00219. The second-order valence-electron chi connectivity index (χ2n) is 7.30. The number of aliphatic hydroxyl groups is 1. The van der Waals surface area contributed by atoms with Crippen molar-refractivity contribution in [2.24, 2.45) is 0 Å². The van der Waals surface area contributed by atoms with Gasteiger partial charge in [-0.2, -0.15) is 0 Å². The van der Waals surface area contributed by atoms with Gasteiger partial charge in [-0.15, -0.1) is 0 Å². The fraction of sp³-hybridized carbons (Fsp3) is 0.167. The SMILES string of the molecule is COc1ccc(C2C(C(=O)c3ccco3)=C(O)C(=O)N2c2ccc3c(c2)OCO3)cc1OC. The Bertz CT molecular complexity index is 1280. The summed E-state index contributed by atoms with van der Waals surface area (Å²) in [6, 6.07) is 12.0. The molecule has 9 heteroatoms. The van der Waals surface area contributed by atoms with Gasteiger partial charge in [-0.25, -0.2) is 0 Å². The normalized spacial score (nSPS) is 17.0. The smallest absolute Gasteiger partial charge is 0.294 e.